The van der Waals surface area contributed by atoms with Crippen LogP contribution in [0.15, 0.2) is 58.1 Å². The molecule has 38 heavy (non-hydrogen) atoms. The smallest absolute Gasteiger partial charge is 0.347 e. The summed E-state index contributed by atoms with van der Waals surface area (Å²) in [7, 11) is 0. The highest BCUT2D eigenvalue weighted by molar-refractivity contribution is 7.18. The fraction of sp³-hybridized carbons (Fsp3) is 0.192. The number of thiazole rings is 1. The first kappa shape index (κ1) is 23.7. The van der Waals surface area contributed by atoms with Gasteiger partial charge in [0.05, 0.1) is 21.3 Å². The van der Waals surface area contributed by atoms with Crippen molar-refractivity contribution >= 4 is 33.4 Å². The predicted molar refractivity (Wildman–Crippen MR) is 139 cm³/mol. The maximum Gasteiger partial charge on any atom is 0.439 e. The molecule has 0 fully saturated rings. The molecule has 0 saturated carbocycles. The molecule has 2 amide bonds. The Kier molecular flexibility index (Phi) is 6.00. The number of nitrogens with zero attached hydrogens (tertiary/aromatic N) is 4. The minimum absolute atomic E-state index is 0.105. The minimum atomic E-state index is -0.615. The first-order valence-corrected chi connectivity index (χ1v) is 12.7. The molecule has 1 atom stereocenters. The van der Waals surface area contributed by atoms with E-state index in [0.717, 1.165) is 43.9 Å². The number of hydrogen-bond acceptors (Lipinski definition) is 9. The van der Waals surface area contributed by atoms with Crippen molar-refractivity contribution in [2.45, 2.75) is 32.4 Å². The Balaban J connectivity index is 1.11. The number of aryl methyl sites for hydroxylation is 2. The molecule has 1 aliphatic carbocycles. The average Bonchev–Trinajstić information content (AvgIpc) is 3.64. The van der Waals surface area contributed by atoms with Crippen molar-refractivity contribution in [2.24, 2.45) is 0 Å². The number of hydrogen-bond donors (Lipinski definition) is 3. The molecule has 3 aromatic heterocycles. The van der Waals surface area contributed by atoms with Gasteiger partial charge in [-0.1, -0.05) is 23.4 Å². The molecule has 12 heteroatoms. The topological polar surface area (TPSA) is 156 Å². The summed E-state index contributed by atoms with van der Waals surface area (Å²) in [5, 5.41) is 10.5. The number of H-pyrrole nitrogens is 1. The van der Waals surface area contributed by atoms with Gasteiger partial charge in [-0.05, 0) is 54.7 Å². The SMILES string of the molecule is Cc1nc2cc(CNC(=O)c3cc(C(=O)N[C@H]4CCc5cc(-c6noc(=O)[nH]6)ccc54)ncn3)ccc2s1. The Morgan fingerprint density at radius 1 is 1.11 bits per heavy atom. The number of benzene rings is 2. The second-order valence-corrected chi connectivity index (χ2v) is 10.2. The summed E-state index contributed by atoms with van der Waals surface area (Å²) in [5.74, 6) is -1.05. The molecular weight excluding hydrogens is 506 g/mol. The van der Waals surface area contributed by atoms with Gasteiger partial charge in [-0.2, -0.15) is 0 Å². The molecule has 0 bridgehead atoms. The number of amides is 2. The third-order valence-electron chi connectivity index (χ3n) is 6.38. The largest absolute Gasteiger partial charge is 0.439 e. The number of aromatic amines is 1. The monoisotopic (exact) mass is 527 g/mol. The van der Waals surface area contributed by atoms with Gasteiger partial charge in [-0.3, -0.25) is 19.1 Å². The van der Waals surface area contributed by atoms with Gasteiger partial charge in [0.1, 0.15) is 17.7 Å². The summed E-state index contributed by atoms with van der Waals surface area (Å²) in [6, 6.07) is 12.7. The van der Waals surface area contributed by atoms with Crippen LogP contribution >= 0.6 is 11.3 Å². The first-order chi connectivity index (χ1) is 18.4. The van der Waals surface area contributed by atoms with Crippen molar-refractivity contribution in [2.75, 3.05) is 0 Å². The number of nitrogens with one attached hydrogen (secondary N) is 3. The zero-order chi connectivity index (χ0) is 26.2. The van der Waals surface area contributed by atoms with Crippen molar-refractivity contribution < 1.29 is 14.1 Å². The fourth-order valence-corrected chi connectivity index (χ4v) is 5.39. The summed E-state index contributed by atoms with van der Waals surface area (Å²) < 4.78 is 5.68. The molecule has 3 heterocycles. The summed E-state index contributed by atoms with van der Waals surface area (Å²) in [6.45, 7) is 2.26. The molecule has 0 aliphatic heterocycles. The number of carbonyl (C=O) groups is 2. The normalized spacial score (nSPS) is 14.4. The zero-order valence-electron chi connectivity index (χ0n) is 20.1. The van der Waals surface area contributed by atoms with Crippen molar-refractivity contribution in [3.63, 3.8) is 0 Å². The van der Waals surface area contributed by atoms with Crippen molar-refractivity contribution in [3.05, 3.63) is 92.4 Å². The quantitative estimate of drug-likeness (QED) is 0.304. The highest BCUT2D eigenvalue weighted by atomic mass is 32.1. The third kappa shape index (κ3) is 4.68. The van der Waals surface area contributed by atoms with Gasteiger partial charge in [0.25, 0.3) is 11.8 Å². The Bertz CT molecular complexity index is 1760. The predicted octanol–water partition coefficient (Wildman–Crippen LogP) is 3.09. The van der Waals surface area contributed by atoms with Gasteiger partial charge in [0.2, 0.25) is 0 Å². The zero-order valence-corrected chi connectivity index (χ0v) is 21.0. The van der Waals surface area contributed by atoms with Crippen molar-refractivity contribution in [3.8, 4) is 11.4 Å². The standard InChI is InChI=1S/C26H21N7O4S/c1-13-30-19-8-14(2-7-22(19)38-13)11-27-24(34)20-10-21(29-12-28-20)25(35)31-18-6-4-15-9-16(3-5-17(15)18)23-32-26(36)37-33-23/h2-3,5,7-10,12,18H,4,6,11H2,1H3,(H,27,34)(H,31,35)(H,32,33,36)/t18-/m0/s1. The van der Waals surface area contributed by atoms with Crippen LogP contribution < -0.4 is 16.4 Å². The molecular formula is C26H21N7O4S. The molecule has 1 aliphatic rings. The average molecular weight is 528 g/mol. The van der Waals surface area contributed by atoms with Gasteiger partial charge in [-0.15, -0.1) is 11.3 Å². The highest BCUT2D eigenvalue weighted by Gasteiger charge is 2.26. The van der Waals surface area contributed by atoms with Crippen LogP contribution in [0.2, 0.25) is 0 Å². The van der Waals surface area contributed by atoms with E-state index in [1.165, 1.54) is 12.4 Å². The van der Waals surface area contributed by atoms with Crippen molar-refractivity contribution in [1.29, 1.82) is 0 Å². The lowest BCUT2D eigenvalue weighted by atomic mass is 10.0. The van der Waals surface area contributed by atoms with E-state index in [2.05, 4.69) is 40.2 Å². The molecule has 0 unspecified atom stereocenters. The van der Waals surface area contributed by atoms with Gasteiger partial charge < -0.3 is 10.6 Å². The number of rotatable bonds is 6. The Hall–Kier alpha value is -4.71. The number of aromatic nitrogens is 5. The van der Waals surface area contributed by atoms with Crippen LogP contribution in [0.5, 0.6) is 0 Å². The Morgan fingerprint density at radius 2 is 1.95 bits per heavy atom. The van der Waals surface area contributed by atoms with E-state index < -0.39 is 17.6 Å². The molecule has 11 nitrogen and oxygen atoms in total. The summed E-state index contributed by atoms with van der Waals surface area (Å²) in [6.07, 6.45) is 2.67. The van der Waals surface area contributed by atoms with Crippen LogP contribution in [0.1, 0.15) is 55.1 Å². The third-order valence-corrected chi connectivity index (χ3v) is 7.34. The van der Waals surface area contributed by atoms with E-state index in [9.17, 15) is 14.4 Å². The summed E-state index contributed by atoms with van der Waals surface area (Å²) in [4.78, 5) is 52.1. The van der Waals surface area contributed by atoms with Gasteiger partial charge >= 0.3 is 5.76 Å². The summed E-state index contributed by atoms with van der Waals surface area (Å²) >= 11 is 1.62. The van der Waals surface area contributed by atoms with E-state index in [-0.39, 0.29) is 17.4 Å². The summed E-state index contributed by atoms with van der Waals surface area (Å²) in [5.41, 5.74) is 4.79. The molecule has 0 saturated heterocycles. The Morgan fingerprint density at radius 3 is 2.76 bits per heavy atom. The number of carbonyl (C=O) groups excluding carboxylic acids is 2. The molecule has 190 valence electrons. The second kappa shape index (κ2) is 9.63. The van der Waals surface area contributed by atoms with E-state index >= 15 is 0 Å². The van der Waals surface area contributed by atoms with E-state index in [1.54, 1.807) is 11.3 Å². The Labute approximate surface area is 219 Å². The lowest BCUT2D eigenvalue weighted by Gasteiger charge is -2.14. The maximum absolute atomic E-state index is 13.0. The molecule has 2 aromatic carbocycles. The molecule has 5 aromatic rings. The molecule has 0 spiro atoms. The fourth-order valence-electron chi connectivity index (χ4n) is 4.58. The van der Waals surface area contributed by atoms with Crippen molar-refractivity contribution in [1.82, 2.24) is 35.7 Å². The first-order valence-electron chi connectivity index (χ1n) is 11.9. The second-order valence-electron chi connectivity index (χ2n) is 8.93. The van der Waals surface area contributed by atoms with E-state index in [1.807, 2.05) is 43.3 Å². The van der Waals surface area contributed by atoms with E-state index in [0.29, 0.717) is 18.8 Å². The van der Waals surface area contributed by atoms with E-state index in [4.69, 9.17) is 0 Å². The van der Waals surface area contributed by atoms with Crippen LogP contribution in [0, 0.1) is 6.92 Å². The van der Waals surface area contributed by atoms with Crippen LogP contribution in [0.4, 0.5) is 0 Å². The van der Waals surface area contributed by atoms with Gasteiger partial charge in [-0.25, -0.2) is 19.7 Å². The van der Waals surface area contributed by atoms with Crippen LogP contribution in [0.3, 0.4) is 0 Å². The lowest BCUT2D eigenvalue weighted by Crippen LogP contribution is -2.29. The maximum atomic E-state index is 13.0. The molecule has 3 N–H and O–H groups in total. The minimum Gasteiger partial charge on any atom is -0.347 e. The van der Waals surface area contributed by atoms with Crippen LogP contribution in [-0.4, -0.2) is 36.9 Å². The lowest BCUT2D eigenvalue weighted by molar-refractivity contribution is 0.0931. The highest BCUT2D eigenvalue weighted by Crippen LogP contribution is 2.33. The van der Waals surface area contributed by atoms with Gasteiger partial charge in [0.15, 0.2) is 5.82 Å². The van der Waals surface area contributed by atoms with Gasteiger partial charge in [0, 0.05) is 18.2 Å². The number of fused-ring (bicyclic) bond motifs is 2. The molecule has 6 rings (SSSR count). The van der Waals surface area contributed by atoms with Crippen LogP contribution in [0.25, 0.3) is 21.6 Å². The molecule has 0 radical (unpaired) electrons. The van der Waals surface area contributed by atoms with Crippen LogP contribution in [-0.2, 0) is 13.0 Å².